The largest absolute Gasteiger partial charge is 0.474 e. The molecule has 1 heterocycles. The smallest absolute Gasteiger partial charge is 0.234 e. The molecular weight excluding hydrogens is 238 g/mol. The Balaban J connectivity index is 2.79. The van der Waals surface area contributed by atoms with Crippen molar-refractivity contribution in [2.75, 3.05) is 23.9 Å². The van der Waals surface area contributed by atoms with Gasteiger partial charge in [-0.05, 0) is 20.3 Å². The molecule has 0 aliphatic rings. The monoisotopic (exact) mass is 257 g/mol. The first-order valence-electron chi connectivity index (χ1n) is 5.97. The number of alkyl halides is 1. The molecule has 17 heavy (non-hydrogen) atoms. The molecule has 0 aliphatic heterocycles. The predicted molar refractivity (Wildman–Crippen MR) is 71.0 cm³/mol. The van der Waals surface area contributed by atoms with E-state index >= 15 is 0 Å². The van der Waals surface area contributed by atoms with Crippen LogP contribution in [0.25, 0.3) is 0 Å². The van der Waals surface area contributed by atoms with Gasteiger partial charge in [0, 0.05) is 19.0 Å². The minimum absolute atomic E-state index is 0.104. The molecule has 0 spiro atoms. The fraction of sp³-hybridized carbons (Fsp3) is 0.667. The molecule has 0 saturated heterocycles. The van der Waals surface area contributed by atoms with Crippen LogP contribution in [0.15, 0.2) is 12.4 Å². The van der Waals surface area contributed by atoms with E-state index in [-0.39, 0.29) is 6.10 Å². The van der Waals surface area contributed by atoms with E-state index in [2.05, 4.69) is 21.8 Å². The second-order valence-electron chi connectivity index (χ2n) is 4.06. The maximum atomic E-state index is 5.78. The van der Waals surface area contributed by atoms with Crippen molar-refractivity contribution in [1.29, 1.82) is 0 Å². The zero-order valence-corrected chi connectivity index (χ0v) is 11.4. The fourth-order valence-corrected chi connectivity index (χ4v) is 1.71. The van der Waals surface area contributed by atoms with E-state index in [0.29, 0.717) is 11.8 Å². The summed E-state index contributed by atoms with van der Waals surface area (Å²) in [6.07, 6.45) is 4.53. The molecule has 0 radical (unpaired) electrons. The quantitative estimate of drug-likeness (QED) is 0.704. The van der Waals surface area contributed by atoms with E-state index < -0.39 is 0 Å². The molecule has 4 nitrogen and oxygen atoms in total. The third-order valence-corrected chi connectivity index (χ3v) is 2.30. The molecule has 0 aromatic carbocycles. The van der Waals surface area contributed by atoms with Crippen molar-refractivity contribution in [3.8, 4) is 5.88 Å². The fourth-order valence-electron chi connectivity index (χ4n) is 1.50. The van der Waals surface area contributed by atoms with Gasteiger partial charge >= 0.3 is 0 Å². The van der Waals surface area contributed by atoms with Gasteiger partial charge in [-0.15, -0.1) is 11.6 Å². The average Bonchev–Trinajstić information content (AvgIpc) is 2.28. The van der Waals surface area contributed by atoms with Gasteiger partial charge in [-0.1, -0.05) is 6.92 Å². The maximum absolute atomic E-state index is 5.78. The molecule has 0 N–H and O–H groups in total. The first kappa shape index (κ1) is 14.0. The van der Waals surface area contributed by atoms with Gasteiger partial charge in [0.25, 0.3) is 0 Å². The van der Waals surface area contributed by atoms with Crippen LogP contribution in [0.5, 0.6) is 5.88 Å². The first-order chi connectivity index (χ1) is 8.17. The Morgan fingerprint density at radius 3 is 2.71 bits per heavy atom. The second kappa shape index (κ2) is 7.33. The van der Waals surface area contributed by atoms with Crippen LogP contribution in [0.2, 0.25) is 0 Å². The van der Waals surface area contributed by atoms with E-state index in [0.717, 1.165) is 25.3 Å². The summed E-state index contributed by atoms with van der Waals surface area (Å²) in [5.74, 6) is 1.97. The number of anilines is 1. The number of aromatic nitrogens is 2. The molecule has 0 atom stereocenters. The molecule has 96 valence electrons. The maximum Gasteiger partial charge on any atom is 0.234 e. The van der Waals surface area contributed by atoms with E-state index in [1.807, 2.05) is 13.8 Å². The molecule has 1 rings (SSSR count). The molecule has 0 unspecified atom stereocenters. The van der Waals surface area contributed by atoms with Crippen molar-refractivity contribution in [1.82, 2.24) is 9.97 Å². The standard InChI is InChI=1S/C12H20ClN3O/c1-4-6-16(7-5-13)11-8-14-9-12(15-11)17-10(2)3/h8-10H,4-7H2,1-3H3. The van der Waals surface area contributed by atoms with Gasteiger partial charge in [0.1, 0.15) is 0 Å². The van der Waals surface area contributed by atoms with Crippen LogP contribution in [-0.4, -0.2) is 35.0 Å². The van der Waals surface area contributed by atoms with E-state index in [1.54, 1.807) is 12.4 Å². The van der Waals surface area contributed by atoms with Crippen LogP contribution in [0.4, 0.5) is 5.82 Å². The van der Waals surface area contributed by atoms with E-state index in [9.17, 15) is 0 Å². The molecule has 0 bridgehead atoms. The van der Waals surface area contributed by atoms with Crippen molar-refractivity contribution >= 4 is 17.4 Å². The van der Waals surface area contributed by atoms with E-state index in [4.69, 9.17) is 16.3 Å². The number of halogens is 1. The summed E-state index contributed by atoms with van der Waals surface area (Å²) in [5.41, 5.74) is 0. The summed E-state index contributed by atoms with van der Waals surface area (Å²) in [7, 11) is 0. The Bertz CT molecular complexity index is 327. The Hall–Kier alpha value is -1.03. The summed E-state index contributed by atoms with van der Waals surface area (Å²) >= 11 is 5.78. The van der Waals surface area contributed by atoms with Crippen molar-refractivity contribution in [3.05, 3.63) is 12.4 Å². The minimum Gasteiger partial charge on any atom is -0.474 e. The van der Waals surface area contributed by atoms with Crippen LogP contribution in [-0.2, 0) is 0 Å². The third-order valence-electron chi connectivity index (χ3n) is 2.13. The van der Waals surface area contributed by atoms with Gasteiger partial charge in [0.15, 0.2) is 5.82 Å². The third kappa shape index (κ3) is 4.77. The van der Waals surface area contributed by atoms with E-state index in [1.165, 1.54) is 0 Å². The second-order valence-corrected chi connectivity index (χ2v) is 4.44. The molecule has 1 aromatic rings. The normalized spacial score (nSPS) is 10.6. The number of rotatable bonds is 7. The van der Waals surface area contributed by atoms with Gasteiger partial charge in [0.2, 0.25) is 5.88 Å². The van der Waals surface area contributed by atoms with Crippen LogP contribution in [0.3, 0.4) is 0 Å². The summed E-state index contributed by atoms with van der Waals surface area (Å²) < 4.78 is 5.53. The summed E-state index contributed by atoms with van der Waals surface area (Å²) in [4.78, 5) is 10.7. The van der Waals surface area contributed by atoms with Crippen molar-refractivity contribution in [2.24, 2.45) is 0 Å². The molecule has 0 fully saturated rings. The number of hydrogen-bond acceptors (Lipinski definition) is 4. The SMILES string of the molecule is CCCN(CCCl)c1cncc(OC(C)C)n1. The lowest BCUT2D eigenvalue weighted by atomic mass is 10.4. The molecular formula is C12H20ClN3O. The van der Waals surface area contributed by atoms with Crippen LogP contribution in [0.1, 0.15) is 27.2 Å². The molecule has 0 amide bonds. The van der Waals surface area contributed by atoms with Crippen molar-refractivity contribution in [2.45, 2.75) is 33.3 Å². The number of nitrogens with zero attached hydrogens (tertiary/aromatic N) is 3. The van der Waals surface area contributed by atoms with Gasteiger partial charge in [-0.2, -0.15) is 4.98 Å². The summed E-state index contributed by atoms with van der Waals surface area (Å²) in [6, 6.07) is 0. The lowest BCUT2D eigenvalue weighted by Gasteiger charge is -2.22. The first-order valence-corrected chi connectivity index (χ1v) is 6.50. The Morgan fingerprint density at radius 2 is 2.12 bits per heavy atom. The highest BCUT2D eigenvalue weighted by atomic mass is 35.5. The highest BCUT2D eigenvalue weighted by Gasteiger charge is 2.08. The zero-order chi connectivity index (χ0) is 12.7. The summed E-state index contributed by atoms with van der Waals surface area (Å²) in [6.45, 7) is 7.76. The molecule has 0 aliphatic carbocycles. The predicted octanol–water partition coefficient (Wildman–Crippen LogP) is 2.72. The lowest BCUT2D eigenvalue weighted by molar-refractivity contribution is 0.231. The Labute approximate surface area is 108 Å². The molecule has 5 heteroatoms. The van der Waals surface area contributed by atoms with Gasteiger partial charge in [-0.3, -0.25) is 4.98 Å². The highest BCUT2D eigenvalue weighted by Crippen LogP contribution is 2.15. The Kier molecular flexibility index (Phi) is 6.05. The van der Waals surface area contributed by atoms with Crippen LogP contribution < -0.4 is 9.64 Å². The lowest BCUT2D eigenvalue weighted by Crippen LogP contribution is -2.27. The molecule has 0 saturated carbocycles. The Morgan fingerprint density at radius 1 is 1.35 bits per heavy atom. The topological polar surface area (TPSA) is 38.2 Å². The van der Waals surface area contributed by atoms with Gasteiger partial charge in [0.05, 0.1) is 18.5 Å². The minimum atomic E-state index is 0.104. The highest BCUT2D eigenvalue weighted by molar-refractivity contribution is 6.18. The molecule has 1 aromatic heterocycles. The van der Waals surface area contributed by atoms with Gasteiger partial charge in [-0.25, -0.2) is 0 Å². The zero-order valence-electron chi connectivity index (χ0n) is 10.7. The van der Waals surface area contributed by atoms with Crippen LogP contribution in [0, 0.1) is 0 Å². The van der Waals surface area contributed by atoms with Gasteiger partial charge < -0.3 is 9.64 Å². The van der Waals surface area contributed by atoms with Crippen molar-refractivity contribution < 1.29 is 4.74 Å². The summed E-state index contributed by atoms with van der Waals surface area (Å²) in [5, 5.41) is 0. The number of ether oxygens (including phenoxy) is 1. The average molecular weight is 258 g/mol. The van der Waals surface area contributed by atoms with Crippen LogP contribution >= 0.6 is 11.6 Å². The van der Waals surface area contributed by atoms with Crippen molar-refractivity contribution in [3.63, 3.8) is 0 Å². The number of hydrogen-bond donors (Lipinski definition) is 0.